The van der Waals surface area contributed by atoms with Crippen molar-refractivity contribution in [1.29, 1.82) is 0 Å². The lowest BCUT2D eigenvalue weighted by Crippen LogP contribution is -2.51. The molecule has 80 valence electrons. The van der Waals surface area contributed by atoms with E-state index in [0.29, 0.717) is 6.04 Å². The highest BCUT2D eigenvalue weighted by atomic mass is 16.6. The number of nitrogens with one attached hydrogen (secondary N) is 2. The Morgan fingerprint density at radius 1 is 1.67 bits per heavy atom. The van der Waals surface area contributed by atoms with Crippen LogP contribution in [-0.2, 0) is 0 Å². The van der Waals surface area contributed by atoms with Gasteiger partial charge in [-0.2, -0.15) is 0 Å². The summed E-state index contributed by atoms with van der Waals surface area (Å²) in [5, 5.41) is 16.8. The molecule has 0 saturated carbocycles. The van der Waals surface area contributed by atoms with Gasteiger partial charge in [-0.1, -0.05) is 0 Å². The van der Waals surface area contributed by atoms with Gasteiger partial charge in [0.2, 0.25) is 0 Å². The van der Waals surface area contributed by atoms with Gasteiger partial charge in [-0.25, -0.2) is 4.98 Å². The molecule has 1 aliphatic heterocycles. The average molecular weight is 208 g/mol. The van der Waals surface area contributed by atoms with Gasteiger partial charge in [0, 0.05) is 19.2 Å². The molecule has 0 bridgehead atoms. The van der Waals surface area contributed by atoms with Gasteiger partial charge < -0.3 is 10.6 Å². The summed E-state index contributed by atoms with van der Waals surface area (Å²) >= 11 is 0. The molecule has 1 saturated heterocycles. The van der Waals surface area contributed by atoms with Gasteiger partial charge in [0.15, 0.2) is 0 Å². The van der Waals surface area contributed by atoms with Gasteiger partial charge in [-0.05, 0) is 12.5 Å². The molecule has 0 atom stereocenters. The first-order chi connectivity index (χ1) is 7.16. The van der Waals surface area contributed by atoms with E-state index in [4.69, 9.17) is 0 Å². The molecule has 0 unspecified atom stereocenters. The van der Waals surface area contributed by atoms with Crippen LogP contribution in [0.5, 0.6) is 0 Å². The summed E-state index contributed by atoms with van der Waals surface area (Å²) in [4.78, 5) is 14.1. The molecule has 2 N–H and O–H groups in total. The Hall–Kier alpha value is -1.69. The van der Waals surface area contributed by atoms with Gasteiger partial charge >= 0.3 is 0 Å². The summed E-state index contributed by atoms with van der Waals surface area (Å²) in [6.45, 7) is 3.64. The number of pyridine rings is 1. The van der Waals surface area contributed by atoms with Crippen molar-refractivity contribution in [3.05, 3.63) is 27.9 Å². The molecular formula is C9H12N4O2. The van der Waals surface area contributed by atoms with Gasteiger partial charge in [0.25, 0.3) is 5.69 Å². The number of hydrogen-bond donors (Lipinski definition) is 2. The average Bonchev–Trinajstić information content (AvgIpc) is 2.12. The summed E-state index contributed by atoms with van der Waals surface area (Å²) in [6.07, 6.45) is 1.28. The van der Waals surface area contributed by atoms with E-state index in [1.807, 2.05) is 6.92 Å². The van der Waals surface area contributed by atoms with Crippen molar-refractivity contribution in [3.8, 4) is 0 Å². The lowest BCUT2D eigenvalue weighted by atomic mass is 10.1. The van der Waals surface area contributed by atoms with E-state index < -0.39 is 4.92 Å². The maximum absolute atomic E-state index is 10.5. The van der Waals surface area contributed by atoms with E-state index in [9.17, 15) is 10.1 Å². The molecule has 0 amide bonds. The number of aryl methyl sites for hydroxylation is 1. The second-order valence-corrected chi connectivity index (χ2v) is 3.62. The third-order valence-corrected chi connectivity index (χ3v) is 2.40. The summed E-state index contributed by atoms with van der Waals surface area (Å²) < 4.78 is 0. The Kier molecular flexibility index (Phi) is 2.51. The summed E-state index contributed by atoms with van der Waals surface area (Å²) in [6, 6.07) is 1.92. The zero-order valence-electron chi connectivity index (χ0n) is 8.36. The molecule has 0 aliphatic carbocycles. The second kappa shape index (κ2) is 3.82. The monoisotopic (exact) mass is 208 g/mol. The van der Waals surface area contributed by atoms with Crippen LogP contribution in [0, 0.1) is 17.0 Å². The Balaban J connectivity index is 2.14. The fraction of sp³-hybridized carbons (Fsp3) is 0.444. The van der Waals surface area contributed by atoms with Crippen molar-refractivity contribution in [2.45, 2.75) is 13.0 Å². The molecule has 0 aromatic carbocycles. The molecule has 6 heteroatoms. The van der Waals surface area contributed by atoms with Gasteiger partial charge in [-0.15, -0.1) is 0 Å². The van der Waals surface area contributed by atoms with E-state index in [2.05, 4.69) is 15.6 Å². The number of anilines is 1. The third kappa shape index (κ3) is 2.04. The molecule has 0 spiro atoms. The number of rotatable bonds is 3. The number of nitrogens with zero attached hydrogens (tertiary/aromatic N) is 2. The minimum atomic E-state index is -0.436. The van der Waals surface area contributed by atoms with Gasteiger partial charge in [0.05, 0.1) is 11.0 Å². The first-order valence-electron chi connectivity index (χ1n) is 4.75. The van der Waals surface area contributed by atoms with Crippen LogP contribution in [0.15, 0.2) is 12.3 Å². The Labute approximate surface area is 86.9 Å². The standard InChI is InChI=1S/C9H12N4O2/c1-6-2-8(13(14)15)5-11-9(6)12-7-3-10-4-7/h2,5,7,10H,3-4H2,1H3,(H,11,12). The van der Waals surface area contributed by atoms with Crippen molar-refractivity contribution >= 4 is 11.5 Å². The third-order valence-electron chi connectivity index (χ3n) is 2.40. The zero-order valence-corrected chi connectivity index (χ0v) is 8.36. The van der Waals surface area contributed by atoms with Gasteiger partial charge in [-0.3, -0.25) is 10.1 Å². The van der Waals surface area contributed by atoms with E-state index in [0.717, 1.165) is 24.5 Å². The van der Waals surface area contributed by atoms with Crippen molar-refractivity contribution in [2.24, 2.45) is 0 Å². The highest BCUT2D eigenvalue weighted by Crippen LogP contribution is 2.18. The number of nitro groups is 1. The highest BCUT2D eigenvalue weighted by Gasteiger charge is 2.18. The van der Waals surface area contributed by atoms with E-state index in [1.165, 1.54) is 12.3 Å². The van der Waals surface area contributed by atoms with Crippen LogP contribution < -0.4 is 10.6 Å². The molecule has 1 aromatic rings. The van der Waals surface area contributed by atoms with Crippen LogP contribution in [0.25, 0.3) is 0 Å². The smallest absolute Gasteiger partial charge is 0.287 e. The van der Waals surface area contributed by atoms with Gasteiger partial charge in [0.1, 0.15) is 12.0 Å². The van der Waals surface area contributed by atoms with E-state index in [1.54, 1.807) is 0 Å². The molecule has 6 nitrogen and oxygen atoms in total. The predicted octanol–water partition coefficient (Wildman–Crippen LogP) is 0.682. The summed E-state index contributed by atoms with van der Waals surface area (Å²) in [5.74, 6) is 0.729. The van der Waals surface area contributed by atoms with Crippen molar-refractivity contribution in [1.82, 2.24) is 10.3 Å². The lowest BCUT2D eigenvalue weighted by molar-refractivity contribution is -0.385. The molecule has 0 radical (unpaired) electrons. The number of hydrogen-bond acceptors (Lipinski definition) is 5. The maximum Gasteiger partial charge on any atom is 0.287 e. The van der Waals surface area contributed by atoms with Crippen LogP contribution in [0.3, 0.4) is 0 Å². The van der Waals surface area contributed by atoms with Crippen LogP contribution >= 0.6 is 0 Å². The molecule has 2 heterocycles. The molecule has 1 aliphatic rings. The zero-order chi connectivity index (χ0) is 10.8. The van der Waals surface area contributed by atoms with Crippen molar-refractivity contribution < 1.29 is 4.92 Å². The van der Waals surface area contributed by atoms with Crippen LogP contribution in [-0.4, -0.2) is 29.0 Å². The second-order valence-electron chi connectivity index (χ2n) is 3.62. The maximum atomic E-state index is 10.5. The minimum Gasteiger partial charge on any atom is -0.365 e. The summed E-state index contributed by atoms with van der Waals surface area (Å²) in [5.41, 5.74) is 0.834. The predicted molar refractivity (Wildman–Crippen MR) is 55.9 cm³/mol. The Morgan fingerprint density at radius 3 is 2.87 bits per heavy atom. The number of aromatic nitrogens is 1. The SMILES string of the molecule is Cc1cc([N+](=O)[O-])cnc1NC1CNC1. The van der Waals surface area contributed by atoms with Crippen molar-refractivity contribution in [3.63, 3.8) is 0 Å². The van der Waals surface area contributed by atoms with E-state index >= 15 is 0 Å². The fourth-order valence-electron chi connectivity index (χ4n) is 1.39. The highest BCUT2D eigenvalue weighted by molar-refractivity contribution is 5.49. The summed E-state index contributed by atoms with van der Waals surface area (Å²) in [7, 11) is 0. The first kappa shape index (κ1) is 9.85. The minimum absolute atomic E-state index is 0.0322. The fourth-order valence-corrected chi connectivity index (χ4v) is 1.39. The molecular weight excluding hydrogens is 196 g/mol. The topological polar surface area (TPSA) is 80.1 Å². The molecule has 1 fully saturated rings. The quantitative estimate of drug-likeness (QED) is 0.564. The largest absolute Gasteiger partial charge is 0.365 e. The van der Waals surface area contributed by atoms with Crippen LogP contribution in [0.1, 0.15) is 5.56 Å². The Bertz CT molecular complexity index is 390. The van der Waals surface area contributed by atoms with Crippen LogP contribution in [0.2, 0.25) is 0 Å². The molecule has 1 aromatic heterocycles. The van der Waals surface area contributed by atoms with Crippen molar-refractivity contribution in [2.75, 3.05) is 18.4 Å². The Morgan fingerprint density at radius 2 is 2.40 bits per heavy atom. The normalized spacial score (nSPS) is 15.8. The first-order valence-corrected chi connectivity index (χ1v) is 4.75. The molecule has 2 rings (SSSR count). The lowest BCUT2D eigenvalue weighted by Gasteiger charge is -2.28. The van der Waals surface area contributed by atoms with E-state index in [-0.39, 0.29) is 5.69 Å². The van der Waals surface area contributed by atoms with Crippen LogP contribution in [0.4, 0.5) is 11.5 Å². The molecule has 15 heavy (non-hydrogen) atoms.